The van der Waals surface area contributed by atoms with Gasteiger partial charge in [-0.05, 0) is 49.9 Å². The number of nitrogens with two attached hydrogens (primary N) is 1. The maximum Gasteiger partial charge on any atom is 0.223 e. The van der Waals surface area contributed by atoms with E-state index in [1.165, 1.54) is 22.2 Å². The highest BCUT2D eigenvalue weighted by atomic mass is 16.5. The van der Waals surface area contributed by atoms with Crippen molar-refractivity contribution in [1.29, 1.82) is 0 Å². The highest BCUT2D eigenvalue weighted by Crippen LogP contribution is 2.36. The molecule has 3 rings (SSSR count). The fourth-order valence-electron chi connectivity index (χ4n) is 3.68. The van der Waals surface area contributed by atoms with Crippen molar-refractivity contribution in [3.05, 3.63) is 29.5 Å². The fourth-order valence-corrected chi connectivity index (χ4v) is 3.68. The molecule has 0 saturated carbocycles. The standard InChI is InChI=1S/C18H25N3O2/c1-3-21-16-6-4-12(18(22)20-9-8-19)10-14(16)15-11-13(23-2)5-7-17(15)21/h5,7,11-12H,3-4,6,8-10,19H2,1-2H3,(H,20,22). The summed E-state index contributed by atoms with van der Waals surface area (Å²) in [5.74, 6) is 1.03. The number of amides is 1. The summed E-state index contributed by atoms with van der Waals surface area (Å²) in [7, 11) is 1.69. The molecular formula is C18H25N3O2. The number of hydrogen-bond donors (Lipinski definition) is 2. The molecule has 1 unspecified atom stereocenters. The van der Waals surface area contributed by atoms with Gasteiger partial charge in [0.2, 0.25) is 5.91 Å². The SMILES string of the molecule is CCn1c2c(c3cc(OC)ccc31)CC(C(=O)NCCN)CC2. The Balaban J connectivity index is 1.98. The minimum absolute atomic E-state index is 0.0381. The molecule has 1 aromatic carbocycles. The number of carbonyl (C=O) groups is 1. The van der Waals surface area contributed by atoms with Gasteiger partial charge in [0.15, 0.2) is 0 Å². The van der Waals surface area contributed by atoms with Crippen LogP contribution < -0.4 is 15.8 Å². The molecule has 1 aromatic heterocycles. The third-order valence-corrected chi connectivity index (χ3v) is 4.80. The van der Waals surface area contributed by atoms with E-state index in [4.69, 9.17) is 10.5 Å². The molecule has 0 saturated heterocycles. The molecule has 0 spiro atoms. The number of methoxy groups -OCH3 is 1. The zero-order valence-electron chi connectivity index (χ0n) is 13.9. The average Bonchev–Trinajstić information content (AvgIpc) is 2.91. The van der Waals surface area contributed by atoms with Gasteiger partial charge in [-0.25, -0.2) is 0 Å². The number of nitrogens with zero attached hydrogens (tertiary/aromatic N) is 1. The lowest BCUT2D eigenvalue weighted by Gasteiger charge is -2.23. The smallest absolute Gasteiger partial charge is 0.223 e. The lowest BCUT2D eigenvalue weighted by molar-refractivity contribution is -0.125. The van der Waals surface area contributed by atoms with E-state index in [0.717, 1.165) is 31.6 Å². The molecule has 1 atom stereocenters. The number of aryl methyl sites for hydroxylation is 1. The number of nitrogens with one attached hydrogen (secondary N) is 1. The topological polar surface area (TPSA) is 69.3 Å². The molecule has 1 aliphatic carbocycles. The van der Waals surface area contributed by atoms with Gasteiger partial charge in [-0.2, -0.15) is 0 Å². The Morgan fingerprint density at radius 2 is 2.30 bits per heavy atom. The van der Waals surface area contributed by atoms with E-state index in [2.05, 4.69) is 28.9 Å². The van der Waals surface area contributed by atoms with Crippen molar-refractivity contribution in [2.45, 2.75) is 32.7 Å². The van der Waals surface area contributed by atoms with Crippen LogP contribution >= 0.6 is 0 Å². The molecule has 0 bridgehead atoms. The molecule has 124 valence electrons. The summed E-state index contributed by atoms with van der Waals surface area (Å²) in [5.41, 5.74) is 9.40. The second-order valence-corrected chi connectivity index (χ2v) is 6.07. The Bertz CT molecular complexity index is 721. The molecule has 1 aliphatic rings. The van der Waals surface area contributed by atoms with Crippen LogP contribution in [0, 0.1) is 5.92 Å². The molecule has 1 amide bonds. The fraction of sp³-hybridized carbons (Fsp3) is 0.500. The summed E-state index contributed by atoms with van der Waals surface area (Å²) in [6, 6.07) is 6.23. The van der Waals surface area contributed by atoms with E-state index in [-0.39, 0.29) is 11.8 Å². The summed E-state index contributed by atoms with van der Waals surface area (Å²) < 4.78 is 7.75. The number of fused-ring (bicyclic) bond motifs is 3. The zero-order chi connectivity index (χ0) is 16.4. The van der Waals surface area contributed by atoms with Crippen molar-refractivity contribution >= 4 is 16.8 Å². The Kier molecular flexibility index (Phi) is 4.57. The van der Waals surface area contributed by atoms with Crippen LogP contribution in [0.25, 0.3) is 10.9 Å². The zero-order valence-corrected chi connectivity index (χ0v) is 13.9. The number of ether oxygens (including phenoxy) is 1. The molecule has 3 N–H and O–H groups in total. The number of hydrogen-bond acceptors (Lipinski definition) is 3. The predicted octanol–water partition coefficient (Wildman–Crippen LogP) is 1.85. The van der Waals surface area contributed by atoms with Crippen LogP contribution in [0.2, 0.25) is 0 Å². The van der Waals surface area contributed by atoms with Crippen LogP contribution in [-0.2, 0) is 24.2 Å². The monoisotopic (exact) mass is 315 g/mol. The number of aromatic nitrogens is 1. The summed E-state index contributed by atoms with van der Waals surface area (Å²) in [6.45, 7) is 4.15. The number of rotatable bonds is 5. The molecular weight excluding hydrogens is 290 g/mol. The molecule has 0 aliphatic heterocycles. The van der Waals surface area contributed by atoms with Gasteiger partial charge in [0.1, 0.15) is 5.75 Å². The van der Waals surface area contributed by atoms with E-state index in [9.17, 15) is 4.79 Å². The molecule has 5 nitrogen and oxygen atoms in total. The third-order valence-electron chi connectivity index (χ3n) is 4.80. The van der Waals surface area contributed by atoms with Crippen molar-refractivity contribution in [2.75, 3.05) is 20.2 Å². The van der Waals surface area contributed by atoms with Gasteiger partial charge >= 0.3 is 0 Å². The lowest BCUT2D eigenvalue weighted by atomic mass is 9.85. The van der Waals surface area contributed by atoms with Gasteiger partial charge < -0.3 is 20.4 Å². The molecule has 2 aromatic rings. The Labute approximate surface area is 136 Å². The maximum absolute atomic E-state index is 12.3. The van der Waals surface area contributed by atoms with Crippen molar-refractivity contribution in [2.24, 2.45) is 11.7 Å². The second-order valence-electron chi connectivity index (χ2n) is 6.07. The van der Waals surface area contributed by atoms with E-state index in [0.29, 0.717) is 13.1 Å². The quantitative estimate of drug-likeness (QED) is 0.885. The van der Waals surface area contributed by atoms with E-state index >= 15 is 0 Å². The number of benzene rings is 1. The van der Waals surface area contributed by atoms with Crippen LogP contribution in [-0.4, -0.2) is 30.7 Å². The van der Waals surface area contributed by atoms with Crippen molar-refractivity contribution in [1.82, 2.24) is 9.88 Å². The summed E-state index contributed by atoms with van der Waals surface area (Å²) in [4.78, 5) is 12.3. The molecule has 1 heterocycles. The summed E-state index contributed by atoms with van der Waals surface area (Å²) in [6.07, 6.45) is 2.64. The predicted molar refractivity (Wildman–Crippen MR) is 91.7 cm³/mol. The van der Waals surface area contributed by atoms with Crippen molar-refractivity contribution in [3.63, 3.8) is 0 Å². The van der Waals surface area contributed by atoms with Gasteiger partial charge in [-0.15, -0.1) is 0 Å². The first-order valence-corrected chi connectivity index (χ1v) is 8.35. The van der Waals surface area contributed by atoms with Crippen LogP contribution in [0.1, 0.15) is 24.6 Å². The van der Waals surface area contributed by atoms with Crippen molar-refractivity contribution in [3.8, 4) is 5.75 Å². The van der Waals surface area contributed by atoms with Crippen molar-refractivity contribution < 1.29 is 9.53 Å². The first-order chi connectivity index (χ1) is 11.2. The van der Waals surface area contributed by atoms with Gasteiger partial charge in [0, 0.05) is 42.1 Å². The summed E-state index contributed by atoms with van der Waals surface area (Å²) >= 11 is 0. The average molecular weight is 315 g/mol. The van der Waals surface area contributed by atoms with Gasteiger partial charge in [-0.3, -0.25) is 4.79 Å². The maximum atomic E-state index is 12.3. The van der Waals surface area contributed by atoms with Crippen LogP contribution in [0.5, 0.6) is 5.75 Å². The Morgan fingerprint density at radius 3 is 3.00 bits per heavy atom. The van der Waals surface area contributed by atoms with Crippen LogP contribution in [0.15, 0.2) is 18.2 Å². The Morgan fingerprint density at radius 1 is 1.48 bits per heavy atom. The number of carbonyl (C=O) groups excluding carboxylic acids is 1. The molecule has 0 fully saturated rings. The first-order valence-electron chi connectivity index (χ1n) is 8.35. The normalized spacial score (nSPS) is 17.1. The van der Waals surface area contributed by atoms with E-state index in [1.807, 2.05) is 6.07 Å². The lowest BCUT2D eigenvalue weighted by Crippen LogP contribution is -2.36. The highest BCUT2D eigenvalue weighted by Gasteiger charge is 2.29. The van der Waals surface area contributed by atoms with Gasteiger partial charge in [0.05, 0.1) is 7.11 Å². The highest BCUT2D eigenvalue weighted by molar-refractivity contribution is 5.88. The summed E-state index contributed by atoms with van der Waals surface area (Å²) in [5, 5.41) is 4.15. The van der Waals surface area contributed by atoms with E-state index < -0.39 is 0 Å². The molecule has 0 radical (unpaired) electrons. The molecule has 5 heteroatoms. The van der Waals surface area contributed by atoms with Crippen LogP contribution in [0.4, 0.5) is 0 Å². The van der Waals surface area contributed by atoms with Gasteiger partial charge in [-0.1, -0.05) is 0 Å². The third kappa shape index (κ3) is 2.81. The minimum atomic E-state index is 0.0381. The Hall–Kier alpha value is -2.01. The molecule has 23 heavy (non-hydrogen) atoms. The van der Waals surface area contributed by atoms with E-state index in [1.54, 1.807) is 7.11 Å². The largest absolute Gasteiger partial charge is 0.497 e. The first kappa shape index (κ1) is 15.9. The van der Waals surface area contributed by atoms with Crippen LogP contribution in [0.3, 0.4) is 0 Å². The second kappa shape index (κ2) is 6.62. The van der Waals surface area contributed by atoms with Gasteiger partial charge in [0.25, 0.3) is 0 Å². The minimum Gasteiger partial charge on any atom is -0.497 e.